The molecule has 0 bridgehead atoms. The highest BCUT2D eigenvalue weighted by molar-refractivity contribution is 7.91. The van der Waals surface area contributed by atoms with Crippen molar-refractivity contribution in [3.63, 3.8) is 0 Å². The number of nitrogens with zero attached hydrogens (tertiary/aromatic N) is 1. The Hall–Kier alpha value is -0.720. The summed E-state index contributed by atoms with van der Waals surface area (Å²) in [5.74, 6) is 0.0258. The maximum absolute atomic E-state index is 12.0. The van der Waals surface area contributed by atoms with Crippen LogP contribution in [0.15, 0.2) is 6.07 Å². The van der Waals surface area contributed by atoms with Gasteiger partial charge in [0.05, 0.1) is 16.5 Å². The third-order valence-corrected chi connectivity index (χ3v) is 5.91. The highest BCUT2D eigenvalue weighted by Crippen LogP contribution is 2.25. The van der Waals surface area contributed by atoms with Gasteiger partial charge in [-0.3, -0.25) is 4.79 Å². The molecule has 0 saturated carbocycles. The highest BCUT2D eigenvalue weighted by atomic mass is 35.5. The van der Waals surface area contributed by atoms with Gasteiger partial charge in [-0.1, -0.05) is 23.2 Å². The van der Waals surface area contributed by atoms with Crippen molar-refractivity contribution in [1.82, 2.24) is 9.88 Å². The van der Waals surface area contributed by atoms with Crippen LogP contribution >= 0.6 is 23.2 Å². The van der Waals surface area contributed by atoms with Crippen LogP contribution in [0, 0.1) is 5.92 Å². The van der Waals surface area contributed by atoms with E-state index in [2.05, 4.69) is 5.32 Å². The van der Waals surface area contributed by atoms with Crippen molar-refractivity contribution in [3.8, 4) is 0 Å². The van der Waals surface area contributed by atoms with Crippen LogP contribution in [0.1, 0.15) is 16.9 Å². The average molecular weight is 325 g/mol. The number of carbonyl (C=O) groups is 1. The number of sulfone groups is 1. The maximum Gasteiger partial charge on any atom is 0.268 e. The predicted molar refractivity (Wildman–Crippen MR) is 74.5 cm³/mol. The number of aromatic nitrogens is 1. The number of hydrogen-bond donors (Lipinski definition) is 1. The Labute approximate surface area is 121 Å². The lowest BCUT2D eigenvalue weighted by atomic mass is 10.1. The molecule has 1 aliphatic rings. The Balaban J connectivity index is 1.97. The van der Waals surface area contributed by atoms with Crippen LogP contribution in [0.5, 0.6) is 0 Å². The topological polar surface area (TPSA) is 68.2 Å². The largest absolute Gasteiger partial charge is 0.350 e. The van der Waals surface area contributed by atoms with Crippen LogP contribution in [0.4, 0.5) is 0 Å². The molecular formula is C11H14Cl2N2O3S. The molecule has 106 valence electrons. The molecule has 1 fully saturated rings. The molecule has 1 N–H and O–H groups in total. The number of rotatable bonds is 3. The molecule has 0 radical (unpaired) electrons. The van der Waals surface area contributed by atoms with E-state index in [0.29, 0.717) is 28.8 Å². The molecule has 1 aromatic heterocycles. The molecule has 8 heteroatoms. The molecule has 2 heterocycles. The number of amides is 1. The fourth-order valence-electron chi connectivity index (χ4n) is 2.12. The smallest absolute Gasteiger partial charge is 0.268 e. The molecule has 1 amide bonds. The van der Waals surface area contributed by atoms with Gasteiger partial charge in [0.2, 0.25) is 0 Å². The second kappa shape index (κ2) is 5.34. The summed E-state index contributed by atoms with van der Waals surface area (Å²) < 4.78 is 24.1. The summed E-state index contributed by atoms with van der Waals surface area (Å²) in [7, 11) is -1.28. The van der Waals surface area contributed by atoms with E-state index in [1.54, 1.807) is 7.05 Å². The molecule has 1 saturated heterocycles. The first-order valence-electron chi connectivity index (χ1n) is 5.79. The average Bonchev–Trinajstić information content (AvgIpc) is 2.81. The Morgan fingerprint density at radius 1 is 1.53 bits per heavy atom. The van der Waals surface area contributed by atoms with Gasteiger partial charge in [0.15, 0.2) is 9.84 Å². The zero-order valence-electron chi connectivity index (χ0n) is 10.3. The predicted octanol–water partition coefficient (Wildman–Crippen LogP) is 1.50. The zero-order valence-corrected chi connectivity index (χ0v) is 12.6. The van der Waals surface area contributed by atoms with Gasteiger partial charge in [0, 0.05) is 13.6 Å². The molecule has 19 heavy (non-hydrogen) atoms. The second-order valence-corrected chi connectivity index (χ2v) is 7.70. The molecule has 1 aliphatic heterocycles. The quantitative estimate of drug-likeness (QED) is 0.916. The lowest BCUT2D eigenvalue weighted by molar-refractivity contribution is 0.0940. The van der Waals surface area contributed by atoms with Gasteiger partial charge in [-0.25, -0.2) is 8.42 Å². The molecule has 5 nitrogen and oxygen atoms in total. The SMILES string of the molecule is Cn1c(C(=O)NC[C@H]2CCS(=O)(=O)C2)cc(Cl)c1Cl. The minimum Gasteiger partial charge on any atom is -0.350 e. The molecule has 0 unspecified atom stereocenters. The summed E-state index contributed by atoms with van der Waals surface area (Å²) in [5, 5.41) is 3.34. The van der Waals surface area contributed by atoms with Gasteiger partial charge in [-0.2, -0.15) is 0 Å². The van der Waals surface area contributed by atoms with E-state index < -0.39 is 9.84 Å². The van der Waals surface area contributed by atoms with Gasteiger partial charge >= 0.3 is 0 Å². The van der Waals surface area contributed by atoms with Crippen molar-refractivity contribution in [2.24, 2.45) is 13.0 Å². The van der Waals surface area contributed by atoms with Crippen LogP contribution < -0.4 is 5.32 Å². The van der Waals surface area contributed by atoms with Crippen LogP contribution in [0.3, 0.4) is 0 Å². The van der Waals surface area contributed by atoms with E-state index in [1.807, 2.05) is 0 Å². The third-order valence-electron chi connectivity index (χ3n) is 3.23. The van der Waals surface area contributed by atoms with Crippen molar-refractivity contribution < 1.29 is 13.2 Å². The first-order chi connectivity index (χ1) is 8.80. The Bertz CT molecular complexity index is 610. The molecule has 0 spiro atoms. The molecule has 1 atom stereocenters. The maximum atomic E-state index is 12.0. The second-order valence-electron chi connectivity index (χ2n) is 4.71. The van der Waals surface area contributed by atoms with Crippen LogP contribution in [0.25, 0.3) is 0 Å². The van der Waals surface area contributed by atoms with Crippen LogP contribution in [-0.2, 0) is 16.9 Å². The van der Waals surface area contributed by atoms with Crippen LogP contribution in [-0.4, -0.2) is 36.9 Å². The highest BCUT2D eigenvalue weighted by Gasteiger charge is 2.28. The third kappa shape index (κ3) is 3.24. The lowest BCUT2D eigenvalue weighted by Gasteiger charge is -2.10. The normalized spacial score (nSPS) is 21.5. The monoisotopic (exact) mass is 324 g/mol. The standard InChI is InChI=1S/C11H14Cl2N2O3S/c1-15-9(4-8(12)10(15)13)11(16)14-5-7-2-3-19(17,18)6-7/h4,7H,2-3,5-6H2,1H3,(H,14,16)/t7-/m1/s1. The van der Waals surface area contributed by atoms with Crippen LogP contribution in [0.2, 0.25) is 10.2 Å². The molecule has 1 aromatic rings. The summed E-state index contributed by atoms with van der Waals surface area (Å²) in [5.41, 5.74) is 0.357. The Morgan fingerprint density at radius 3 is 2.68 bits per heavy atom. The number of carbonyl (C=O) groups excluding carboxylic acids is 1. The molecule has 0 aromatic carbocycles. The van der Waals surface area contributed by atoms with Crippen molar-refractivity contribution in [2.75, 3.05) is 18.1 Å². The van der Waals surface area contributed by atoms with Crippen molar-refractivity contribution in [2.45, 2.75) is 6.42 Å². The molecule has 2 rings (SSSR count). The lowest BCUT2D eigenvalue weighted by Crippen LogP contribution is -2.31. The van der Waals surface area contributed by atoms with E-state index in [4.69, 9.17) is 23.2 Å². The van der Waals surface area contributed by atoms with E-state index in [1.165, 1.54) is 10.6 Å². The fraction of sp³-hybridized carbons (Fsp3) is 0.545. The summed E-state index contributed by atoms with van der Waals surface area (Å²) in [6, 6.07) is 1.49. The zero-order chi connectivity index (χ0) is 14.2. The number of nitrogens with one attached hydrogen (secondary N) is 1. The Morgan fingerprint density at radius 2 is 2.21 bits per heavy atom. The first kappa shape index (κ1) is 14.7. The van der Waals surface area contributed by atoms with Crippen molar-refractivity contribution in [3.05, 3.63) is 21.9 Å². The summed E-state index contributed by atoms with van der Waals surface area (Å²) >= 11 is 11.7. The minimum absolute atomic E-state index is 0.0137. The number of halogens is 2. The van der Waals surface area contributed by atoms with E-state index in [-0.39, 0.29) is 23.3 Å². The summed E-state index contributed by atoms with van der Waals surface area (Å²) in [6.07, 6.45) is 0.595. The molecule has 0 aliphatic carbocycles. The fourth-order valence-corrected chi connectivity index (χ4v) is 4.36. The van der Waals surface area contributed by atoms with Gasteiger partial charge < -0.3 is 9.88 Å². The summed E-state index contributed by atoms with van der Waals surface area (Å²) in [4.78, 5) is 12.0. The van der Waals surface area contributed by atoms with Gasteiger partial charge in [-0.15, -0.1) is 0 Å². The van der Waals surface area contributed by atoms with Crippen molar-refractivity contribution >= 4 is 38.9 Å². The molecular weight excluding hydrogens is 311 g/mol. The number of hydrogen-bond acceptors (Lipinski definition) is 3. The van der Waals surface area contributed by atoms with Gasteiger partial charge in [0.1, 0.15) is 10.8 Å². The van der Waals surface area contributed by atoms with Gasteiger partial charge in [0.25, 0.3) is 5.91 Å². The summed E-state index contributed by atoms with van der Waals surface area (Å²) in [6.45, 7) is 0.346. The van der Waals surface area contributed by atoms with E-state index in [9.17, 15) is 13.2 Å². The minimum atomic E-state index is -2.92. The van der Waals surface area contributed by atoms with E-state index in [0.717, 1.165) is 0 Å². The van der Waals surface area contributed by atoms with Gasteiger partial charge in [-0.05, 0) is 18.4 Å². The Kier molecular flexibility index (Phi) is 4.13. The first-order valence-corrected chi connectivity index (χ1v) is 8.37. The van der Waals surface area contributed by atoms with Crippen molar-refractivity contribution in [1.29, 1.82) is 0 Å². The van der Waals surface area contributed by atoms with E-state index >= 15 is 0 Å².